The van der Waals surface area contributed by atoms with Crippen molar-refractivity contribution in [1.29, 1.82) is 0 Å². The van der Waals surface area contributed by atoms with E-state index in [0.717, 1.165) is 17.2 Å². The number of hydrogen-bond acceptors (Lipinski definition) is 2. The van der Waals surface area contributed by atoms with Gasteiger partial charge in [-0.1, -0.05) is 18.2 Å². The van der Waals surface area contributed by atoms with Crippen LogP contribution in [-0.4, -0.2) is 11.7 Å². The molecule has 1 aromatic carbocycles. The van der Waals surface area contributed by atoms with Crippen molar-refractivity contribution in [1.82, 2.24) is 0 Å². The van der Waals surface area contributed by atoms with Crippen LogP contribution in [-0.2, 0) is 12.7 Å². The van der Waals surface area contributed by atoms with Gasteiger partial charge in [0.2, 0.25) is 0 Å². The molecule has 0 radical (unpaired) electrons. The zero-order chi connectivity index (χ0) is 8.55. The molecule has 0 spiro atoms. The molecule has 0 bridgehead atoms. The molecule has 3 N–H and O–H groups in total. The first-order valence-corrected chi connectivity index (χ1v) is 5.33. The Bertz CT molecular complexity index is 305. The first-order valence-electron chi connectivity index (χ1n) is 4.04. The van der Waals surface area contributed by atoms with E-state index in [4.69, 9.17) is 5.73 Å². The van der Waals surface area contributed by atoms with E-state index in [2.05, 4.69) is 6.07 Å². The van der Waals surface area contributed by atoms with Gasteiger partial charge in [0, 0.05) is 6.54 Å². The summed E-state index contributed by atoms with van der Waals surface area (Å²) in [5.74, 6) is 0. The predicted octanol–water partition coefficient (Wildman–Crippen LogP) is 0.0249. The van der Waals surface area contributed by atoms with Gasteiger partial charge in [0.1, 0.15) is 0 Å². The molecule has 62 valence electrons. The Morgan fingerprint density at radius 2 is 2.42 bits per heavy atom. The molecular formula is C8H11BNOP. The Kier molecular flexibility index (Phi) is 2.18. The second-order valence-corrected chi connectivity index (χ2v) is 4.33. The highest BCUT2D eigenvalue weighted by molar-refractivity contribution is 7.77. The van der Waals surface area contributed by atoms with E-state index in [1.54, 1.807) is 0 Å². The number of hydrogen-bond donors (Lipinski definition) is 2. The highest BCUT2D eigenvalue weighted by Gasteiger charge is 2.24. The highest BCUT2D eigenvalue weighted by atomic mass is 31.1. The molecule has 1 heterocycles. The Hall–Kier alpha value is -0.365. The van der Waals surface area contributed by atoms with Crippen LogP contribution in [0.1, 0.15) is 11.1 Å². The Morgan fingerprint density at radius 1 is 1.58 bits per heavy atom. The fourth-order valence-electron chi connectivity index (χ4n) is 1.52. The fraction of sp³-hybridized carbons (Fsp3) is 0.250. The van der Waals surface area contributed by atoms with Crippen LogP contribution in [0.15, 0.2) is 18.2 Å². The summed E-state index contributed by atoms with van der Waals surface area (Å²) in [5.41, 5.74) is 9.06. The van der Waals surface area contributed by atoms with E-state index in [9.17, 15) is 5.02 Å². The van der Waals surface area contributed by atoms with Gasteiger partial charge in [0.15, 0.2) is 0 Å². The summed E-state index contributed by atoms with van der Waals surface area (Å²) >= 11 is 0. The normalized spacial score (nSPS) is 17.0. The molecule has 0 saturated heterocycles. The van der Waals surface area contributed by atoms with Crippen molar-refractivity contribution >= 4 is 20.6 Å². The first kappa shape index (κ1) is 8.24. The molecule has 0 aliphatic carbocycles. The lowest BCUT2D eigenvalue weighted by molar-refractivity contribution is 0.608. The summed E-state index contributed by atoms with van der Waals surface area (Å²) in [4.78, 5) is 0. The van der Waals surface area contributed by atoms with Gasteiger partial charge in [-0.2, -0.15) is 0 Å². The maximum Gasteiger partial charge on any atom is 0.350 e. The second kappa shape index (κ2) is 3.17. The average Bonchev–Trinajstić information content (AvgIpc) is 2.47. The minimum Gasteiger partial charge on any atom is -0.443 e. The summed E-state index contributed by atoms with van der Waals surface area (Å²) in [6.45, 7) is 0.374. The third-order valence-electron chi connectivity index (χ3n) is 2.22. The van der Waals surface area contributed by atoms with E-state index in [1.165, 1.54) is 5.56 Å². The lowest BCUT2D eigenvalue weighted by Gasteiger charge is -2.02. The highest BCUT2D eigenvalue weighted by Crippen LogP contribution is 2.27. The molecule has 0 saturated carbocycles. The van der Waals surface area contributed by atoms with Gasteiger partial charge in [-0.3, -0.25) is 0 Å². The fourth-order valence-corrected chi connectivity index (χ4v) is 2.74. The summed E-state index contributed by atoms with van der Waals surface area (Å²) in [6.07, 6.45) is 1.02. The smallest absolute Gasteiger partial charge is 0.350 e. The van der Waals surface area contributed by atoms with Gasteiger partial charge < -0.3 is 10.8 Å². The topological polar surface area (TPSA) is 46.2 Å². The Balaban J connectivity index is 2.41. The maximum absolute atomic E-state index is 9.53. The van der Waals surface area contributed by atoms with Gasteiger partial charge in [-0.25, -0.2) is 0 Å². The van der Waals surface area contributed by atoms with E-state index >= 15 is 0 Å². The zero-order valence-electron chi connectivity index (χ0n) is 6.75. The van der Waals surface area contributed by atoms with Crippen LogP contribution in [0.25, 0.3) is 0 Å². The molecule has 2 rings (SSSR count). The third kappa shape index (κ3) is 1.29. The van der Waals surface area contributed by atoms with E-state index in [0.29, 0.717) is 15.0 Å². The molecule has 12 heavy (non-hydrogen) atoms. The van der Waals surface area contributed by atoms with Crippen molar-refractivity contribution in [3.63, 3.8) is 0 Å². The molecule has 1 unspecified atom stereocenters. The van der Waals surface area contributed by atoms with Crippen LogP contribution in [0, 0.1) is 0 Å². The largest absolute Gasteiger partial charge is 0.443 e. The molecule has 1 atom stereocenters. The van der Waals surface area contributed by atoms with Crippen molar-refractivity contribution in [3.8, 4) is 0 Å². The van der Waals surface area contributed by atoms with Gasteiger partial charge >= 0.3 is 6.64 Å². The SMILES string of the molecule is NCc1ccc2c(c1)CPB2O. The molecule has 1 aliphatic heterocycles. The molecule has 1 aliphatic rings. The van der Waals surface area contributed by atoms with Crippen LogP contribution >= 0.6 is 8.46 Å². The molecule has 0 fully saturated rings. The molecular weight excluding hydrogens is 168 g/mol. The van der Waals surface area contributed by atoms with Crippen molar-refractivity contribution < 1.29 is 5.02 Å². The van der Waals surface area contributed by atoms with Crippen LogP contribution in [0.4, 0.5) is 0 Å². The number of rotatable bonds is 1. The van der Waals surface area contributed by atoms with Gasteiger partial charge in [-0.05, 0) is 22.8 Å². The molecule has 0 amide bonds. The van der Waals surface area contributed by atoms with Gasteiger partial charge in [0.05, 0.1) is 0 Å². The second-order valence-electron chi connectivity index (χ2n) is 3.02. The summed E-state index contributed by atoms with van der Waals surface area (Å²) < 4.78 is 0. The Labute approximate surface area is 74.0 Å². The standard InChI is InChI=1S/C8H11BNOP/c10-4-6-1-2-8-7(3-6)5-12-9(8)11/h1-3,11-12H,4-5,10H2. The monoisotopic (exact) mass is 179 g/mol. The van der Waals surface area contributed by atoms with Crippen molar-refractivity contribution in [3.05, 3.63) is 29.3 Å². The lowest BCUT2D eigenvalue weighted by atomic mass is 9.83. The molecule has 2 nitrogen and oxygen atoms in total. The Morgan fingerprint density at radius 3 is 3.17 bits per heavy atom. The van der Waals surface area contributed by atoms with Gasteiger partial charge in [-0.15, -0.1) is 8.46 Å². The average molecular weight is 179 g/mol. The molecule has 4 heteroatoms. The van der Waals surface area contributed by atoms with Crippen LogP contribution in [0.5, 0.6) is 0 Å². The van der Waals surface area contributed by atoms with Crippen LogP contribution in [0.3, 0.4) is 0 Å². The zero-order valence-corrected chi connectivity index (χ0v) is 7.75. The van der Waals surface area contributed by atoms with Crippen LogP contribution in [0.2, 0.25) is 0 Å². The van der Waals surface area contributed by atoms with E-state index < -0.39 is 0 Å². The van der Waals surface area contributed by atoms with Gasteiger partial charge in [0.25, 0.3) is 0 Å². The quantitative estimate of drug-likeness (QED) is 0.471. The van der Waals surface area contributed by atoms with Crippen molar-refractivity contribution in [2.24, 2.45) is 5.73 Å². The minimum atomic E-state index is -0.216. The number of benzene rings is 1. The summed E-state index contributed by atoms with van der Waals surface area (Å²) in [7, 11) is 0.633. The predicted molar refractivity (Wildman–Crippen MR) is 54.0 cm³/mol. The van der Waals surface area contributed by atoms with Crippen molar-refractivity contribution in [2.45, 2.75) is 12.7 Å². The van der Waals surface area contributed by atoms with Crippen molar-refractivity contribution in [2.75, 3.05) is 0 Å². The number of nitrogens with two attached hydrogens (primary N) is 1. The van der Waals surface area contributed by atoms with Crippen LogP contribution < -0.4 is 11.2 Å². The third-order valence-corrected chi connectivity index (χ3v) is 3.51. The maximum atomic E-state index is 9.53. The molecule has 1 aromatic rings. The summed E-state index contributed by atoms with van der Waals surface area (Å²) in [6, 6.07) is 6.11. The van der Waals surface area contributed by atoms with E-state index in [-0.39, 0.29) is 6.64 Å². The minimum absolute atomic E-state index is 0.216. The van der Waals surface area contributed by atoms with E-state index in [1.807, 2.05) is 12.1 Å². The lowest BCUT2D eigenvalue weighted by Crippen LogP contribution is -2.23. The molecule has 0 aromatic heterocycles. The summed E-state index contributed by atoms with van der Waals surface area (Å²) in [5, 5.41) is 9.53. The number of fused-ring (bicyclic) bond motifs is 1. The first-order chi connectivity index (χ1) is 5.81.